The SMILES string of the molecule is O=C(N[C@H]1CC2(CC2)C[C@@H]1O)c1cccc(C#Cc2cncnc2)c1OC(F)F. The van der Waals surface area contributed by atoms with Gasteiger partial charge in [-0.05, 0) is 43.2 Å². The van der Waals surface area contributed by atoms with Crippen molar-refractivity contribution in [2.75, 3.05) is 0 Å². The molecule has 2 aliphatic rings. The highest BCUT2D eigenvalue weighted by Crippen LogP contribution is 2.57. The molecular weight excluding hydrogens is 380 g/mol. The summed E-state index contributed by atoms with van der Waals surface area (Å²) in [7, 11) is 0. The van der Waals surface area contributed by atoms with Crippen LogP contribution in [0.25, 0.3) is 0 Å². The fourth-order valence-electron chi connectivity index (χ4n) is 3.78. The van der Waals surface area contributed by atoms with E-state index < -0.39 is 24.7 Å². The molecule has 1 heterocycles. The van der Waals surface area contributed by atoms with E-state index in [2.05, 4.69) is 31.9 Å². The lowest BCUT2D eigenvalue weighted by Crippen LogP contribution is -2.40. The molecule has 6 nitrogen and oxygen atoms in total. The second-order valence-corrected chi connectivity index (χ2v) is 7.49. The average Bonchev–Trinajstić information content (AvgIpc) is 3.37. The van der Waals surface area contributed by atoms with E-state index in [0.29, 0.717) is 18.4 Å². The molecule has 2 aliphatic carbocycles. The number of carbonyl (C=O) groups excluding carboxylic acids is 1. The van der Waals surface area contributed by atoms with Crippen molar-refractivity contribution in [2.24, 2.45) is 5.41 Å². The number of ether oxygens (including phenoxy) is 1. The molecule has 0 saturated heterocycles. The number of alkyl halides is 2. The zero-order valence-corrected chi connectivity index (χ0v) is 15.4. The lowest BCUT2D eigenvalue weighted by molar-refractivity contribution is -0.0503. The average molecular weight is 399 g/mol. The van der Waals surface area contributed by atoms with Gasteiger partial charge in [0.15, 0.2) is 5.75 Å². The van der Waals surface area contributed by atoms with Crippen molar-refractivity contribution >= 4 is 5.91 Å². The Labute approximate surface area is 166 Å². The molecule has 2 aromatic rings. The number of aliphatic hydroxyl groups excluding tert-OH is 1. The maximum atomic E-state index is 13.0. The van der Waals surface area contributed by atoms with Gasteiger partial charge in [-0.3, -0.25) is 4.79 Å². The number of hydrogen-bond donors (Lipinski definition) is 2. The summed E-state index contributed by atoms with van der Waals surface area (Å²) in [5.41, 5.74) is 0.719. The topological polar surface area (TPSA) is 84.3 Å². The number of aromatic nitrogens is 2. The van der Waals surface area contributed by atoms with E-state index in [0.717, 1.165) is 12.8 Å². The van der Waals surface area contributed by atoms with Crippen molar-refractivity contribution in [3.05, 3.63) is 53.6 Å². The number of benzene rings is 1. The number of nitrogens with one attached hydrogen (secondary N) is 1. The highest BCUT2D eigenvalue weighted by Gasteiger charge is 2.52. The van der Waals surface area contributed by atoms with Crippen molar-refractivity contribution in [3.63, 3.8) is 0 Å². The lowest BCUT2D eigenvalue weighted by atomic mass is 10.1. The lowest BCUT2D eigenvalue weighted by Gasteiger charge is -2.18. The van der Waals surface area contributed by atoms with E-state index >= 15 is 0 Å². The first-order valence-corrected chi connectivity index (χ1v) is 9.30. The van der Waals surface area contributed by atoms with Crippen LogP contribution in [0.1, 0.15) is 47.2 Å². The van der Waals surface area contributed by atoms with Crippen LogP contribution in [-0.2, 0) is 0 Å². The van der Waals surface area contributed by atoms with Gasteiger partial charge in [0.05, 0.1) is 28.8 Å². The van der Waals surface area contributed by atoms with Crippen LogP contribution < -0.4 is 10.1 Å². The maximum absolute atomic E-state index is 13.0. The summed E-state index contributed by atoms with van der Waals surface area (Å²) in [5.74, 6) is 4.64. The fraction of sp³-hybridized carbons (Fsp3) is 0.381. The minimum Gasteiger partial charge on any atom is -0.433 e. The Morgan fingerprint density at radius 3 is 2.66 bits per heavy atom. The molecule has 29 heavy (non-hydrogen) atoms. The van der Waals surface area contributed by atoms with Crippen molar-refractivity contribution in [1.82, 2.24) is 15.3 Å². The summed E-state index contributed by atoms with van der Waals surface area (Å²) in [6.45, 7) is -3.11. The number of carbonyl (C=O) groups is 1. The Hall–Kier alpha value is -3.05. The van der Waals surface area contributed by atoms with Crippen LogP contribution >= 0.6 is 0 Å². The van der Waals surface area contributed by atoms with Gasteiger partial charge in [0, 0.05) is 12.4 Å². The van der Waals surface area contributed by atoms with E-state index in [1.165, 1.54) is 30.9 Å². The minimum atomic E-state index is -3.11. The molecular formula is C21H19F2N3O3. The molecule has 2 fully saturated rings. The maximum Gasteiger partial charge on any atom is 0.387 e. The molecule has 8 heteroatoms. The summed E-state index contributed by atoms with van der Waals surface area (Å²) in [4.78, 5) is 20.5. The number of aliphatic hydroxyl groups is 1. The number of rotatable bonds is 4. The normalized spacial score (nSPS) is 21.5. The van der Waals surface area contributed by atoms with E-state index in [9.17, 15) is 18.7 Å². The van der Waals surface area contributed by atoms with Crippen LogP contribution in [0, 0.1) is 17.3 Å². The van der Waals surface area contributed by atoms with Crippen molar-refractivity contribution in [3.8, 4) is 17.6 Å². The molecule has 0 bridgehead atoms. The number of halogens is 2. The number of nitrogens with zero attached hydrogens (tertiary/aromatic N) is 2. The third-order valence-electron chi connectivity index (χ3n) is 5.40. The summed E-state index contributed by atoms with van der Waals surface area (Å²) < 4.78 is 30.7. The zero-order valence-electron chi connectivity index (χ0n) is 15.4. The smallest absolute Gasteiger partial charge is 0.387 e. The molecule has 0 unspecified atom stereocenters. The third-order valence-corrected chi connectivity index (χ3v) is 5.40. The molecule has 2 N–H and O–H groups in total. The van der Waals surface area contributed by atoms with Gasteiger partial charge in [0.25, 0.3) is 5.91 Å². The van der Waals surface area contributed by atoms with Gasteiger partial charge in [-0.2, -0.15) is 8.78 Å². The number of hydrogen-bond acceptors (Lipinski definition) is 5. The summed E-state index contributed by atoms with van der Waals surface area (Å²) in [6.07, 6.45) is 7.13. The Kier molecular flexibility index (Phi) is 5.16. The second kappa shape index (κ2) is 7.76. The summed E-state index contributed by atoms with van der Waals surface area (Å²) in [6, 6.07) is 4.04. The highest BCUT2D eigenvalue weighted by atomic mass is 19.3. The predicted octanol–water partition coefficient (Wildman–Crippen LogP) is 2.51. The van der Waals surface area contributed by atoms with Gasteiger partial charge in [-0.1, -0.05) is 17.9 Å². The van der Waals surface area contributed by atoms with E-state index in [-0.39, 0.29) is 22.3 Å². The van der Waals surface area contributed by atoms with Crippen LogP contribution in [0.5, 0.6) is 5.75 Å². The summed E-state index contributed by atoms with van der Waals surface area (Å²) in [5, 5.41) is 13.0. The fourth-order valence-corrected chi connectivity index (χ4v) is 3.78. The highest BCUT2D eigenvalue weighted by molar-refractivity contribution is 5.98. The Morgan fingerprint density at radius 1 is 1.24 bits per heavy atom. The largest absolute Gasteiger partial charge is 0.433 e. The molecule has 0 radical (unpaired) electrons. The van der Waals surface area contributed by atoms with Gasteiger partial charge in [0.2, 0.25) is 0 Å². The van der Waals surface area contributed by atoms with Crippen molar-refractivity contribution in [2.45, 2.75) is 44.4 Å². The van der Waals surface area contributed by atoms with Crippen molar-refractivity contribution in [1.29, 1.82) is 0 Å². The standard InChI is InChI=1S/C21H19F2N3O3/c22-20(23)29-18-14(5-4-13-10-24-12-25-11-13)2-1-3-15(18)19(28)26-16-8-21(6-7-21)9-17(16)27/h1-3,10-12,16-17,20,27H,6-9H2,(H,26,28)/t16-,17-/m0/s1. The molecule has 1 aromatic heterocycles. The molecule has 2 saturated carbocycles. The number of para-hydroxylation sites is 1. The summed E-state index contributed by atoms with van der Waals surface area (Å²) >= 11 is 0. The first-order valence-electron chi connectivity index (χ1n) is 9.30. The van der Waals surface area contributed by atoms with Crippen LogP contribution in [0.4, 0.5) is 8.78 Å². The molecule has 2 atom stereocenters. The Morgan fingerprint density at radius 2 is 2.00 bits per heavy atom. The van der Waals surface area contributed by atoms with Crippen LogP contribution in [-0.4, -0.2) is 39.7 Å². The van der Waals surface area contributed by atoms with Gasteiger partial charge in [-0.15, -0.1) is 0 Å². The van der Waals surface area contributed by atoms with Crippen molar-refractivity contribution < 1.29 is 23.4 Å². The van der Waals surface area contributed by atoms with Crippen LogP contribution in [0.15, 0.2) is 36.9 Å². The predicted molar refractivity (Wildman–Crippen MR) is 99.2 cm³/mol. The molecule has 0 aliphatic heterocycles. The Balaban J connectivity index is 1.60. The van der Waals surface area contributed by atoms with Gasteiger partial charge in [0.1, 0.15) is 6.33 Å². The second-order valence-electron chi connectivity index (χ2n) is 7.49. The first kappa shape index (κ1) is 19.3. The quantitative estimate of drug-likeness (QED) is 0.772. The van der Waals surface area contributed by atoms with Crippen LogP contribution in [0.3, 0.4) is 0 Å². The number of amides is 1. The molecule has 150 valence electrons. The molecule has 4 rings (SSSR count). The van der Waals surface area contributed by atoms with Crippen LogP contribution in [0.2, 0.25) is 0 Å². The van der Waals surface area contributed by atoms with Gasteiger partial charge >= 0.3 is 6.61 Å². The first-order chi connectivity index (χ1) is 14.0. The van der Waals surface area contributed by atoms with Gasteiger partial charge < -0.3 is 15.2 Å². The van der Waals surface area contributed by atoms with E-state index in [4.69, 9.17) is 0 Å². The molecule has 1 aromatic carbocycles. The Bertz CT molecular complexity index is 968. The zero-order chi connectivity index (χ0) is 20.4. The van der Waals surface area contributed by atoms with E-state index in [1.54, 1.807) is 6.07 Å². The molecule has 1 amide bonds. The van der Waals surface area contributed by atoms with E-state index in [1.807, 2.05) is 0 Å². The van der Waals surface area contributed by atoms with Gasteiger partial charge in [-0.25, -0.2) is 9.97 Å². The molecule has 1 spiro atoms. The third kappa shape index (κ3) is 4.35. The monoisotopic (exact) mass is 399 g/mol. The minimum absolute atomic E-state index is 0.0506.